The highest BCUT2D eigenvalue weighted by Crippen LogP contribution is 2.15. The van der Waals surface area contributed by atoms with Crippen LogP contribution in [0.1, 0.15) is 25.8 Å². The summed E-state index contributed by atoms with van der Waals surface area (Å²) in [6, 6.07) is 21.8. The molecule has 9 nitrogen and oxygen atoms in total. The number of benzene rings is 3. The zero-order valence-corrected chi connectivity index (χ0v) is 22.5. The maximum absolute atomic E-state index is 12.7. The second-order valence-electron chi connectivity index (χ2n) is 9.00. The smallest absolute Gasteiger partial charge is 0.262 e. The first-order valence-corrected chi connectivity index (χ1v) is 12.7. The quantitative estimate of drug-likeness (QED) is 0.215. The minimum Gasteiger partial charge on any atom is -0.484 e. The van der Waals surface area contributed by atoms with Crippen molar-refractivity contribution >= 4 is 41.2 Å². The SMILES string of the molecule is CC(C)C[C@@H](NC(=O)COc1ccc(Cl)cc1)C(=O)N/N=C\c1ccc(OCC(=O)Nc2ccccc2)cc1. The molecular formula is C29H31ClN4O5. The fourth-order valence-electron chi connectivity index (χ4n) is 3.38. The van der Waals surface area contributed by atoms with Gasteiger partial charge in [-0.05, 0) is 78.6 Å². The van der Waals surface area contributed by atoms with Gasteiger partial charge in [0.1, 0.15) is 17.5 Å². The van der Waals surface area contributed by atoms with Gasteiger partial charge in [-0.1, -0.05) is 43.6 Å². The third-order valence-electron chi connectivity index (χ3n) is 5.24. The Morgan fingerprint density at radius 2 is 1.44 bits per heavy atom. The van der Waals surface area contributed by atoms with Gasteiger partial charge in [0.05, 0.1) is 6.21 Å². The number of halogens is 1. The summed E-state index contributed by atoms with van der Waals surface area (Å²) in [6.45, 7) is 3.53. The van der Waals surface area contributed by atoms with Crippen molar-refractivity contribution in [2.45, 2.75) is 26.3 Å². The number of hydrogen-bond donors (Lipinski definition) is 3. The molecule has 0 radical (unpaired) electrons. The Morgan fingerprint density at radius 3 is 2.05 bits per heavy atom. The lowest BCUT2D eigenvalue weighted by atomic mass is 10.0. The van der Waals surface area contributed by atoms with Crippen LogP contribution in [0, 0.1) is 5.92 Å². The number of hydrazone groups is 1. The van der Waals surface area contributed by atoms with Crippen molar-refractivity contribution in [3.8, 4) is 11.5 Å². The van der Waals surface area contributed by atoms with Gasteiger partial charge in [-0.25, -0.2) is 5.43 Å². The Labute approximate surface area is 232 Å². The van der Waals surface area contributed by atoms with E-state index in [0.717, 1.165) is 0 Å². The van der Waals surface area contributed by atoms with Crippen LogP contribution in [-0.4, -0.2) is 43.2 Å². The summed E-state index contributed by atoms with van der Waals surface area (Å²) < 4.78 is 11.0. The largest absolute Gasteiger partial charge is 0.484 e. The first kappa shape index (κ1) is 29.2. The van der Waals surface area contributed by atoms with E-state index in [1.54, 1.807) is 60.7 Å². The molecule has 3 aromatic rings. The van der Waals surface area contributed by atoms with E-state index in [-0.39, 0.29) is 25.0 Å². The number of para-hydroxylation sites is 1. The van der Waals surface area contributed by atoms with Crippen LogP contribution >= 0.6 is 11.6 Å². The summed E-state index contributed by atoms with van der Waals surface area (Å²) in [5.41, 5.74) is 3.88. The van der Waals surface area contributed by atoms with E-state index in [0.29, 0.717) is 34.2 Å². The average molecular weight is 551 g/mol. The summed E-state index contributed by atoms with van der Waals surface area (Å²) in [5, 5.41) is 10.0. The van der Waals surface area contributed by atoms with Crippen LogP contribution < -0.4 is 25.5 Å². The summed E-state index contributed by atoms with van der Waals surface area (Å²) >= 11 is 5.85. The van der Waals surface area contributed by atoms with E-state index in [1.165, 1.54) is 6.21 Å². The molecule has 0 fully saturated rings. The van der Waals surface area contributed by atoms with Crippen molar-refractivity contribution < 1.29 is 23.9 Å². The monoisotopic (exact) mass is 550 g/mol. The highest BCUT2D eigenvalue weighted by atomic mass is 35.5. The third-order valence-corrected chi connectivity index (χ3v) is 5.49. The van der Waals surface area contributed by atoms with Crippen molar-refractivity contribution in [2.75, 3.05) is 18.5 Å². The molecule has 3 aromatic carbocycles. The molecule has 0 aliphatic rings. The third kappa shape index (κ3) is 10.9. The van der Waals surface area contributed by atoms with Crippen molar-refractivity contribution in [3.05, 3.63) is 89.4 Å². The van der Waals surface area contributed by atoms with E-state index in [1.807, 2.05) is 32.0 Å². The zero-order chi connectivity index (χ0) is 28.0. The number of ether oxygens (including phenoxy) is 2. The molecule has 0 saturated heterocycles. The number of nitrogens with zero attached hydrogens (tertiary/aromatic N) is 1. The number of carbonyl (C=O) groups excluding carboxylic acids is 3. The molecule has 0 spiro atoms. The van der Waals surface area contributed by atoms with Crippen molar-refractivity contribution in [2.24, 2.45) is 11.0 Å². The minimum atomic E-state index is -0.777. The molecule has 0 heterocycles. The van der Waals surface area contributed by atoms with Crippen LogP contribution in [0.4, 0.5) is 5.69 Å². The maximum atomic E-state index is 12.7. The topological polar surface area (TPSA) is 118 Å². The molecular weight excluding hydrogens is 520 g/mol. The fourth-order valence-corrected chi connectivity index (χ4v) is 3.51. The van der Waals surface area contributed by atoms with Gasteiger partial charge in [-0.2, -0.15) is 5.10 Å². The van der Waals surface area contributed by atoms with Gasteiger partial charge in [-0.3, -0.25) is 14.4 Å². The summed E-state index contributed by atoms with van der Waals surface area (Å²) in [4.78, 5) is 37.1. The van der Waals surface area contributed by atoms with E-state index < -0.39 is 17.9 Å². The predicted molar refractivity (Wildman–Crippen MR) is 151 cm³/mol. The van der Waals surface area contributed by atoms with Crippen LogP contribution in [0.15, 0.2) is 84.0 Å². The second-order valence-corrected chi connectivity index (χ2v) is 9.43. The van der Waals surface area contributed by atoms with Gasteiger partial charge in [0.25, 0.3) is 17.7 Å². The minimum absolute atomic E-state index is 0.133. The average Bonchev–Trinajstić information content (AvgIpc) is 2.92. The molecule has 10 heteroatoms. The first-order valence-electron chi connectivity index (χ1n) is 12.4. The second kappa shape index (κ2) is 15.1. The summed E-state index contributed by atoms with van der Waals surface area (Å²) in [7, 11) is 0. The molecule has 39 heavy (non-hydrogen) atoms. The van der Waals surface area contributed by atoms with Crippen molar-refractivity contribution in [1.82, 2.24) is 10.7 Å². The molecule has 0 unspecified atom stereocenters. The predicted octanol–water partition coefficient (Wildman–Crippen LogP) is 4.42. The van der Waals surface area contributed by atoms with E-state index in [9.17, 15) is 14.4 Å². The maximum Gasteiger partial charge on any atom is 0.262 e. The van der Waals surface area contributed by atoms with Crippen LogP contribution in [0.5, 0.6) is 11.5 Å². The number of nitrogens with one attached hydrogen (secondary N) is 3. The van der Waals surface area contributed by atoms with Crippen molar-refractivity contribution in [1.29, 1.82) is 0 Å². The Hall–Kier alpha value is -4.37. The van der Waals surface area contributed by atoms with Gasteiger partial charge < -0.3 is 20.1 Å². The normalized spacial score (nSPS) is 11.6. The van der Waals surface area contributed by atoms with Crippen LogP contribution in [0.2, 0.25) is 5.02 Å². The molecule has 3 rings (SSSR count). The Bertz CT molecular complexity index is 1250. The highest BCUT2D eigenvalue weighted by Gasteiger charge is 2.22. The Kier molecular flexibility index (Phi) is 11.3. The Morgan fingerprint density at radius 1 is 0.846 bits per heavy atom. The van der Waals surface area contributed by atoms with Gasteiger partial charge in [-0.15, -0.1) is 0 Å². The van der Waals surface area contributed by atoms with Gasteiger partial charge in [0.15, 0.2) is 13.2 Å². The molecule has 0 bridgehead atoms. The van der Waals surface area contributed by atoms with Crippen LogP contribution in [-0.2, 0) is 14.4 Å². The molecule has 0 saturated carbocycles. The number of amides is 3. The number of anilines is 1. The highest BCUT2D eigenvalue weighted by molar-refractivity contribution is 6.30. The van der Waals surface area contributed by atoms with Crippen LogP contribution in [0.25, 0.3) is 0 Å². The summed E-state index contributed by atoms with van der Waals surface area (Å²) in [5.74, 6) is 0.0291. The number of hydrogen-bond acceptors (Lipinski definition) is 6. The lowest BCUT2D eigenvalue weighted by Crippen LogP contribution is -2.47. The van der Waals surface area contributed by atoms with Gasteiger partial charge >= 0.3 is 0 Å². The summed E-state index contributed by atoms with van der Waals surface area (Å²) in [6.07, 6.45) is 1.90. The Balaban J connectivity index is 1.45. The molecule has 0 aromatic heterocycles. The lowest BCUT2D eigenvalue weighted by molar-refractivity contribution is -0.130. The van der Waals surface area contributed by atoms with E-state index in [2.05, 4.69) is 21.2 Å². The first-order chi connectivity index (χ1) is 18.8. The molecule has 3 amide bonds. The zero-order valence-electron chi connectivity index (χ0n) is 21.7. The standard InChI is InChI=1S/C29H31ClN4O5/c1-20(2)16-26(33-28(36)19-39-25-14-10-22(30)11-15-25)29(37)34-31-17-21-8-12-24(13-9-21)38-18-27(35)32-23-6-4-3-5-7-23/h3-15,17,20,26H,16,18-19H2,1-2H3,(H,32,35)(H,33,36)(H,34,37)/b31-17-/t26-/m1/s1. The molecule has 204 valence electrons. The van der Waals surface area contributed by atoms with E-state index >= 15 is 0 Å². The number of rotatable bonds is 13. The van der Waals surface area contributed by atoms with Crippen molar-refractivity contribution in [3.63, 3.8) is 0 Å². The van der Waals surface area contributed by atoms with Crippen LogP contribution in [0.3, 0.4) is 0 Å². The molecule has 1 atom stereocenters. The lowest BCUT2D eigenvalue weighted by Gasteiger charge is -2.19. The number of carbonyl (C=O) groups is 3. The molecule has 0 aliphatic heterocycles. The van der Waals surface area contributed by atoms with Gasteiger partial charge in [0.2, 0.25) is 0 Å². The fraction of sp³-hybridized carbons (Fsp3) is 0.241. The van der Waals surface area contributed by atoms with E-state index in [4.69, 9.17) is 21.1 Å². The van der Waals surface area contributed by atoms with Gasteiger partial charge in [0, 0.05) is 10.7 Å². The molecule has 0 aliphatic carbocycles. The molecule has 3 N–H and O–H groups in total.